The number of rotatable bonds is 3. The monoisotopic (exact) mass is 306 g/mol. The summed E-state index contributed by atoms with van der Waals surface area (Å²) < 4.78 is 13.7. The van der Waals surface area contributed by atoms with Crippen LogP contribution in [-0.4, -0.2) is 17.9 Å². The first kappa shape index (κ1) is 15.3. The Hall–Kier alpha value is -2.07. The van der Waals surface area contributed by atoms with Crippen LogP contribution in [0.25, 0.3) is 0 Å². The fourth-order valence-electron chi connectivity index (χ4n) is 2.02. The molecule has 1 amide bonds. The summed E-state index contributed by atoms with van der Waals surface area (Å²) >= 11 is 5.91. The predicted molar refractivity (Wildman–Crippen MR) is 82.8 cm³/mol. The first-order valence-electron chi connectivity index (χ1n) is 6.44. The van der Waals surface area contributed by atoms with Gasteiger partial charge in [0.1, 0.15) is 5.82 Å². The van der Waals surface area contributed by atoms with Crippen molar-refractivity contribution in [3.63, 3.8) is 0 Å². The summed E-state index contributed by atoms with van der Waals surface area (Å²) in [7, 11) is 1.65. The fourth-order valence-corrected chi connectivity index (χ4v) is 2.24. The lowest BCUT2D eigenvalue weighted by atomic mass is 10.1. The molecule has 3 nitrogen and oxygen atoms in total. The first-order valence-corrected chi connectivity index (χ1v) is 6.82. The van der Waals surface area contributed by atoms with E-state index in [4.69, 9.17) is 17.3 Å². The van der Waals surface area contributed by atoms with Gasteiger partial charge in [-0.25, -0.2) is 4.39 Å². The van der Waals surface area contributed by atoms with Crippen molar-refractivity contribution >= 4 is 23.2 Å². The van der Waals surface area contributed by atoms with Crippen LogP contribution in [0.2, 0.25) is 5.02 Å². The Kier molecular flexibility index (Phi) is 4.48. The van der Waals surface area contributed by atoms with Gasteiger partial charge < -0.3 is 10.6 Å². The van der Waals surface area contributed by atoms with E-state index >= 15 is 0 Å². The molecule has 5 heteroatoms. The van der Waals surface area contributed by atoms with Gasteiger partial charge in [0.25, 0.3) is 5.91 Å². The molecule has 0 aliphatic carbocycles. The van der Waals surface area contributed by atoms with Gasteiger partial charge in [-0.2, -0.15) is 0 Å². The predicted octanol–water partition coefficient (Wildman–Crippen LogP) is 3.64. The number of carbonyl (C=O) groups excluding carboxylic acids is 1. The highest BCUT2D eigenvalue weighted by Crippen LogP contribution is 2.19. The fraction of sp³-hybridized carbons (Fsp3) is 0.188. The van der Waals surface area contributed by atoms with Crippen LogP contribution in [-0.2, 0) is 6.54 Å². The minimum Gasteiger partial charge on any atom is -0.398 e. The van der Waals surface area contributed by atoms with Crippen LogP contribution in [0.5, 0.6) is 0 Å². The number of nitrogen functional groups attached to an aromatic ring is 1. The summed E-state index contributed by atoms with van der Waals surface area (Å²) in [5.41, 5.74) is 7.47. The summed E-state index contributed by atoms with van der Waals surface area (Å²) in [5, 5.41) is 0.610. The molecular formula is C16H16ClFN2O. The zero-order chi connectivity index (χ0) is 15.6. The van der Waals surface area contributed by atoms with Gasteiger partial charge in [0.05, 0.1) is 0 Å². The van der Waals surface area contributed by atoms with Gasteiger partial charge in [0.2, 0.25) is 0 Å². The van der Waals surface area contributed by atoms with E-state index in [1.165, 1.54) is 17.0 Å². The van der Waals surface area contributed by atoms with Crippen molar-refractivity contribution in [2.45, 2.75) is 13.5 Å². The van der Waals surface area contributed by atoms with Gasteiger partial charge in [0.15, 0.2) is 0 Å². The SMILES string of the molecule is Cc1c(N)cc(C(=O)N(C)Cc2cccc(Cl)c2)cc1F. The number of hydrogen-bond acceptors (Lipinski definition) is 2. The molecule has 0 bridgehead atoms. The lowest BCUT2D eigenvalue weighted by Crippen LogP contribution is -2.26. The van der Waals surface area contributed by atoms with Gasteiger partial charge in [0, 0.05) is 35.4 Å². The third-order valence-electron chi connectivity index (χ3n) is 3.29. The maximum Gasteiger partial charge on any atom is 0.254 e. The van der Waals surface area contributed by atoms with Crippen LogP contribution < -0.4 is 5.73 Å². The molecule has 21 heavy (non-hydrogen) atoms. The van der Waals surface area contributed by atoms with E-state index in [1.807, 2.05) is 12.1 Å². The number of hydrogen-bond donors (Lipinski definition) is 1. The molecule has 2 aromatic rings. The molecule has 0 spiro atoms. The summed E-state index contributed by atoms with van der Waals surface area (Å²) in [6.07, 6.45) is 0. The van der Waals surface area contributed by atoms with Crippen LogP contribution in [0.4, 0.5) is 10.1 Å². The smallest absolute Gasteiger partial charge is 0.254 e. The van der Waals surface area contributed by atoms with E-state index < -0.39 is 5.82 Å². The molecule has 2 aromatic carbocycles. The van der Waals surface area contributed by atoms with E-state index in [0.717, 1.165) is 5.56 Å². The van der Waals surface area contributed by atoms with Crippen molar-refractivity contribution < 1.29 is 9.18 Å². The second-order valence-corrected chi connectivity index (χ2v) is 5.40. The van der Waals surface area contributed by atoms with E-state index in [2.05, 4.69) is 0 Å². The van der Waals surface area contributed by atoms with Gasteiger partial charge in [-0.1, -0.05) is 23.7 Å². The number of anilines is 1. The van der Waals surface area contributed by atoms with E-state index in [1.54, 1.807) is 26.1 Å². The Balaban J connectivity index is 2.20. The summed E-state index contributed by atoms with van der Waals surface area (Å²) in [4.78, 5) is 13.8. The van der Waals surface area contributed by atoms with Gasteiger partial charge >= 0.3 is 0 Å². The van der Waals surface area contributed by atoms with E-state index in [9.17, 15) is 9.18 Å². The minimum absolute atomic E-state index is 0.236. The molecule has 0 aliphatic heterocycles. The highest BCUT2D eigenvalue weighted by molar-refractivity contribution is 6.30. The minimum atomic E-state index is -0.477. The number of amides is 1. The first-order chi connectivity index (χ1) is 9.88. The Morgan fingerprint density at radius 2 is 2.05 bits per heavy atom. The third kappa shape index (κ3) is 3.52. The molecule has 0 aliphatic rings. The largest absolute Gasteiger partial charge is 0.398 e. The van der Waals surface area contributed by atoms with Gasteiger partial charge in [-0.15, -0.1) is 0 Å². The molecule has 0 atom stereocenters. The Labute approximate surface area is 128 Å². The zero-order valence-corrected chi connectivity index (χ0v) is 12.6. The number of nitrogens with two attached hydrogens (primary N) is 1. The second-order valence-electron chi connectivity index (χ2n) is 4.96. The standard InChI is InChI=1S/C16H16ClFN2O/c1-10-14(18)7-12(8-15(10)19)16(21)20(2)9-11-4-3-5-13(17)6-11/h3-8H,9,19H2,1-2H3. The van der Waals surface area contributed by atoms with Crippen molar-refractivity contribution in [2.24, 2.45) is 0 Å². The Morgan fingerprint density at radius 1 is 1.33 bits per heavy atom. The highest BCUT2D eigenvalue weighted by atomic mass is 35.5. The van der Waals surface area contributed by atoms with Crippen LogP contribution in [0.1, 0.15) is 21.5 Å². The maximum atomic E-state index is 13.7. The van der Waals surface area contributed by atoms with Gasteiger partial charge in [-0.05, 0) is 36.8 Å². The Bertz CT molecular complexity index is 665. The van der Waals surface area contributed by atoms with Crippen molar-refractivity contribution in [2.75, 3.05) is 12.8 Å². The van der Waals surface area contributed by atoms with Crippen LogP contribution in [0, 0.1) is 12.7 Å². The molecule has 0 heterocycles. The lowest BCUT2D eigenvalue weighted by molar-refractivity contribution is 0.0784. The number of carbonyl (C=O) groups is 1. The zero-order valence-electron chi connectivity index (χ0n) is 11.9. The average molecular weight is 307 g/mol. The van der Waals surface area contributed by atoms with Crippen LogP contribution >= 0.6 is 11.6 Å². The van der Waals surface area contributed by atoms with Crippen LogP contribution in [0.15, 0.2) is 36.4 Å². The molecule has 2 rings (SSSR count). The summed E-state index contributed by atoms with van der Waals surface area (Å²) in [6.45, 7) is 1.96. The van der Waals surface area contributed by atoms with Crippen molar-refractivity contribution in [1.82, 2.24) is 4.90 Å². The molecular weight excluding hydrogens is 291 g/mol. The van der Waals surface area contributed by atoms with E-state index in [0.29, 0.717) is 17.1 Å². The molecule has 2 N–H and O–H groups in total. The summed E-state index contributed by atoms with van der Waals surface area (Å²) in [6, 6.07) is 9.95. The average Bonchev–Trinajstić information content (AvgIpc) is 2.43. The molecule has 0 saturated heterocycles. The number of nitrogens with zero attached hydrogens (tertiary/aromatic N) is 1. The van der Waals surface area contributed by atoms with Crippen molar-refractivity contribution in [3.05, 3.63) is 63.9 Å². The number of halogens is 2. The lowest BCUT2D eigenvalue weighted by Gasteiger charge is -2.18. The van der Waals surface area contributed by atoms with E-state index in [-0.39, 0.29) is 17.2 Å². The molecule has 0 saturated carbocycles. The maximum absolute atomic E-state index is 13.7. The number of benzene rings is 2. The Morgan fingerprint density at radius 3 is 2.67 bits per heavy atom. The second kappa shape index (κ2) is 6.14. The van der Waals surface area contributed by atoms with Crippen molar-refractivity contribution in [1.29, 1.82) is 0 Å². The van der Waals surface area contributed by atoms with Crippen LogP contribution in [0.3, 0.4) is 0 Å². The highest BCUT2D eigenvalue weighted by Gasteiger charge is 2.15. The quantitative estimate of drug-likeness (QED) is 0.880. The van der Waals surface area contributed by atoms with Gasteiger partial charge in [-0.3, -0.25) is 4.79 Å². The molecule has 0 unspecified atom stereocenters. The molecule has 110 valence electrons. The molecule has 0 radical (unpaired) electrons. The normalized spacial score (nSPS) is 10.5. The topological polar surface area (TPSA) is 46.3 Å². The third-order valence-corrected chi connectivity index (χ3v) is 3.52. The summed E-state index contributed by atoms with van der Waals surface area (Å²) in [5.74, 6) is -0.768. The molecule has 0 aromatic heterocycles. The van der Waals surface area contributed by atoms with Crippen molar-refractivity contribution in [3.8, 4) is 0 Å². The molecule has 0 fully saturated rings.